The number of aromatic hydroxyl groups is 1. The van der Waals surface area contributed by atoms with Crippen LogP contribution in [0.4, 0.5) is 0 Å². The molecule has 1 aromatic rings. The van der Waals surface area contributed by atoms with Crippen LogP contribution in [0.1, 0.15) is 31.4 Å². The lowest BCUT2D eigenvalue weighted by Crippen LogP contribution is -2.45. The number of nitrogens with zero attached hydrogens (tertiary/aromatic N) is 1. The monoisotopic (exact) mass is 276 g/mol. The van der Waals surface area contributed by atoms with Crippen LogP contribution in [0.15, 0.2) is 18.2 Å². The van der Waals surface area contributed by atoms with Crippen LogP contribution >= 0.6 is 0 Å². The van der Waals surface area contributed by atoms with Crippen LogP contribution in [0.5, 0.6) is 11.5 Å². The molecule has 1 atom stereocenters. The van der Waals surface area contributed by atoms with Crippen molar-refractivity contribution in [2.45, 2.75) is 25.8 Å². The summed E-state index contributed by atoms with van der Waals surface area (Å²) in [5.74, 6) is 1.63. The molecule has 1 aromatic carbocycles. The quantitative estimate of drug-likeness (QED) is 0.865. The fourth-order valence-electron chi connectivity index (χ4n) is 3.14. The van der Waals surface area contributed by atoms with E-state index in [-0.39, 0.29) is 5.75 Å². The summed E-state index contributed by atoms with van der Waals surface area (Å²) < 4.78 is 5.53. The van der Waals surface area contributed by atoms with Crippen LogP contribution in [-0.4, -0.2) is 42.8 Å². The van der Waals surface area contributed by atoms with Gasteiger partial charge in [0.2, 0.25) is 0 Å². The lowest BCUT2D eigenvalue weighted by atomic mass is 9.99. The third-order valence-corrected chi connectivity index (χ3v) is 4.24. The molecule has 0 aromatic heterocycles. The van der Waals surface area contributed by atoms with E-state index in [4.69, 9.17) is 4.74 Å². The minimum absolute atomic E-state index is 0.241. The molecule has 0 bridgehead atoms. The van der Waals surface area contributed by atoms with Gasteiger partial charge in [-0.3, -0.25) is 4.90 Å². The van der Waals surface area contributed by atoms with E-state index in [0.29, 0.717) is 18.4 Å². The van der Waals surface area contributed by atoms with Gasteiger partial charge in [0.05, 0.1) is 6.61 Å². The second-order valence-electron chi connectivity index (χ2n) is 5.73. The summed E-state index contributed by atoms with van der Waals surface area (Å²) in [4.78, 5) is 2.58. The highest BCUT2D eigenvalue weighted by Crippen LogP contribution is 2.46. The van der Waals surface area contributed by atoms with Crippen molar-refractivity contribution >= 4 is 0 Å². The molecule has 1 aliphatic carbocycles. The first-order valence-corrected chi connectivity index (χ1v) is 7.70. The van der Waals surface area contributed by atoms with E-state index in [1.807, 2.05) is 13.0 Å². The zero-order valence-electron chi connectivity index (χ0n) is 12.1. The highest BCUT2D eigenvalue weighted by Gasteiger charge is 2.37. The van der Waals surface area contributed by atoms with E-state index in [0.717, 1.165) is 32.1 Å². The maximum absolute atomic E-state index is 9.86. The van der Waals surface area contributed by atoms with Crippen molar-refractivity contribution < 1.29 is 9.84 Å². The number of hydrogen-bond acceptors (Lipinski definition) is 4. The van der Waals surface area contributed by atoms with Gasteiger partial charge in [-0.25, -0.2) is 0 Å². The molecule has 4 heteroatoms. The van der Waals surface area contributed by atoms with Crippen molar-refractivity contribution in [2.75, 3.05) is 32.8 Å². The molecule has 3 rings (SSSR count). The Hall–Kier alpha value is -1.26. The Labute approximate surface area is 120 Å². The first-order chi connectivity index (χ1) is 9.79. The van der Waals surface area contributed by atoms with Gasteiger partial charge in [-0.1, -0.05) is 6.07 Å². The van der Waals surface area contributed by atoms with E-state index < -0.39 is 0 Å². The van der Waals surface area contributed by atoms with Gasteiger partial charge in [0.25, 0.3) is 0 Å². The molecule has 1 aliphatic heterocycles. The summed E-state index contributed by atoms with van der Waals surface area (Å²) in [6.07, 6.45) is 2.64. The topological polar surface area (TPSA) is 44.7 Å². The molecule has 4 nitrogen and oxygen atoms in total. The van der Waals surface area contributed by atoms with Crippen LogP contribution in [0.25, 0.3) is 0 Å². The van der Waals surface area contributed by atoms with Crippen LogP contribution in [-0.2, 0) is 0 Å². The van der Waals surface area contributed by atoms with E-state index in [9.17, 15) is 5.11 Å². The highest BCUT2D eigenvalue weighted by atomic mass is 16.5. The highest BCUT2D eigenvalue weighted by molar-refractivity contribution is 5.43. The number of hydrogen-bond donors (Lipinski definition) is 2. The van der Waals surface area contributed by atoms with Crippen LogP contribution in [0.3, 0.4) is 0 Å². The van der Waals surface area contributed by atoms with E-state index >= 15 is 0 Å². The molecule has 0 radical (unpaired) electrons. The Kier molecular flexibility index (Phi) is 4.13. The van der Waals surface area contributed by atoms with Gasteiger partial charge in [0.15, 0.2) is 11.5 Å². The average molecular weight is 276 g/mol. The van der Waals surface area contributed by atoms with Crippen LogP contribution in [0, 0.1) is 5.92 Å². The van der Waals surface area contributed by atoms with Gasteiger partial charge in [0, 0.05) is 32.2 Å². The van der Waals surface area contributed by atoms with Gasteiger partial charge >= 0.3 is 0 Å². The number of ether oxygens (including phenoxy) is 1. The van der Waals surface area contributed by atoms with E-state index in [2.05, 4.69) is 16.3 Å². The molecule has 2 fully saturated rings. The summed E-state index contributed by atoms with van der Waals surface area (Å²) in [5, 5.41) is 13.3. The van der Waals surface area contributed by atoms with Crippen molar-refractivity contribution in [1.82, 2.24) is 10.2 Å². The molecular formula is C16H24N2O2. The Morgan fingerprint density at radius 1 is 1.35 bits per heavy atom. The maximum Gasteiger partial charge on any atom is 0.161 e. The third-order valence-electron chi connectivity index (χ3n) is 4.24. The number of rotatable bonds is 5. The zero-order valence-corrected chi connectivity index (χ0v) is 12.1. The fourth-order valence-corrected chi connectivity index (χ4v) is 3.14. The van der Waals surface area contributed by atoms with Crippen molar-refractivity contribution in [1.29, 1.82) is 0 Å². The molecule has 1 saturated carbocycles. The second kappa shape index (κ2) is 6.02. The molecule has 2 aliphatic rings. The largest absolute Gasteiger partial charge is 0.504 e. The number of benzene rings is 1. The standard InChI is InChI=1S/C16H24N2O2/c1-2-20-15-11-13(5-6-14(15)19)16(12-3-4-12)18-9-7-17-8-10-18/h5-6,11-12,16-17,19H,2-4,7-10H2,1H3/t16-/m0/s1. The molecule has 0 unspecified atom stereocenters. The van der Waals surface area contributed by atoms with E-state index in [1.165, 1.54) is 18.4 Å². The SMILES string of the molecule is CCOc1cc([C@H](C2CC2)N2CCNCC2)ccc1O. The Morgan fingerprint density at radius 3 is 2.75 bits per heavy atom. The lowest BCUT2D eigenvalue weighted by molar-refractivity contribution is 0.156. The first kappa shape index (κ1) is 13.7. The molecule has 1 heterocycles. The van der Waals surface area contributed by atoms with Crippen molar-refractivity contribution in [2.24, 2.45) is 5.92 Å². The minimum Gasteiger partial charge on any atom is -0.504 e. The van der Waals surface area contributed by atoms with Gasteiger partial charge in [-0.05, 0) is 43.4 Å². The van der Waals surface area contributed by atoms with Crippen LogP contribution < -0.4 is 10.1 Å². The molecular weight excluding hydrogens is 252 g/mol. The Balaban J connectivity index is 1.85. The van der Waals surface area contributed by atoms with Gasteiger partial charge in [-0.15, -0.1) is 0 Å². The van der Waals surface area contributed by atoms with Gasteiger partial charge < -0.3 is 15.2 Å². The molecule has 0 amide bonds. The smallest absolute Gasteiger partial charge is 0.161 e. The zero-order chi connectivity index (χ0) is 13.9. The first-order valence-electron chi connectivity index (χ1n) is 7.70. The average Bonchev–Trinajstić information content (AvgIpc) is 3.29. The van der Waals surface area contributed by atoms with Crippen molar-refractivity contribution in [3.05, 3.63) is 23.8 Å². The van der Waals surface area contributed by atoms with Crippen molar-refractivity contribution in [3.8, 4) is 11.5 Å². The number of nitrogens with one attached hydrogen (secondary N) is 1. The number of phenolic OH excluding ortho intramolecular Hbond substituents is 1. The predicted octanol–water partition coefficient (Wildman–Crippen LogP) is 2.15. The summed E-state index contributed by atoms with van der Waals surface area (Å²) in [7, 11) is 0. The minimum atomic E-state index is 0.241. The maximum atomic E-state index is 9.86. The fraction of sp³-hybridized carbons (Fsp3) is 0.625. The van der Waals surface area contributed by atoms with Gasteiger partial charge in [-0.2, -0.15) is 0 Å². The summed E-state index contributed by atoms with van der Waals surface area (Å²) in [5.41, 5.74) is 1.29. The predicted molar refractivity (Wildman–Crippen MR) is 79.2 cm³/mol. The van der Waals surface area contributed by atoms with E-state index in [1.54, 1.807) is 6.07 Å². The normalized spacial score (nSPS) is 21.6. The Bertz CT molecular complexity index is 454. The Morgan fingerprint density at radius 2 is 2.10 bits per heavy atom. The van der Waals surface area contributed by atoms with Crippen LogP contribution in [0.2, 0.25) is 0 Å². The molecule has 2 N–H and O–H groups in total. The number of piperazine rings is 1. The third kappa shape index (κ3) is 2.91. The molecule has 0 spiro atoms. The lowest BCUT2D eigenvalue weighted by Gasteiger charge is -2.35. The molecule has 20 heavy (non-hydrogen) atoms. The molecule has 1 saturated heterocycles. The molecule has 110 valence electrons. The second-order valence-corrected chi connectivity index (χ2v) is 5.73. The van der Waals surface area contributed by atoms with Crippen molar-refractivity contribution in [3.63, 3.8) is 0 Å². The number of phenols is 1. The van der Waals surface area contributed by atoms with Gasteiger partial charge in [0.1, 0.15) is 0 Å². The summed E-state index contributed by atoms with van der Waals surface area (Å²) in [6.45, 7) is 6.87. The summed E-state index contributed by atoms with van der Waals surface area (Å²) >= 11 is 0. The summed E-state index contributed by atoms with van der Waals surface area (Å²) in [6, 6.07) is 6.35.